The Morgan fingerprint density at radius 1 is 1.30 bits per heavy atom. The number of rotatable bonds is 7. The van der Waals surface area contributed by atoms with Crippen molar-refractivity contribution in [3.8, 4) is 17.0 Å². The number of likely N-dealkylation sites (tertiary alicyclic amines) is 1. The molecule has 1 unspecified atom stereocenters. The van der Waals surface area contributed by atoms with Gasteiger partial charge in [-0.05, 0) is 30.2 Å². The van der Waals surface area contributed by atoms with Gasteiger partial charge in [0.2, 0.25) is 11.8 Å². The highest BCUT2D eigenvalue weighted by Gasteiger charge is 2.47. The lowest BCUT2D eigenvalue weighted by atomic mass is 9.98. The summed E-state index contributed by atoms with van der Waals surface area (Å²) in [5.74, 6) is -2.97. The zero-order valence-electron chi connectivity index (χ0n) is 20.9. The molecule has 6 rings (SSSR count). The van der Waals surface area contributed by atoms with Gasteiger partial charge < -0.3 is 19.4 Å². The third kappa shape index (κ3) is 4.35. The van der Waals surface area contributed by atoms with Gasteiger partial charge in [0.15, 0.2) is 0 Å². The molecule has 13 heteroatoms. The first-order valence-corrected chi connectivity index (χ1v) is 11.8. The molecule has 1 N–H and O–H groups in total. The van der Waals surface area contributed by atoms with Crippen molar-refractivity contribution in [1.29, 1.82) is 0 Å². The molecule has 2 saturated heterocycles. The lowest BCUT2D eigenvalue weighted by molar-refractivity contribution is -0.131. The number of nitrogens with one attached hydrogen (secondary N) is 1. The first-order chi connectivity index (χ1) is 18.2. The molecule has 0 saturated carbocycles. The molecule has 1 aromatic carbocycles. The van der Waals surface area contributed by atoms with Crippen molar-refractivity contribution < 1.29 is 28.4 Å². The highest BCUT2D eigenvalue weighted by atomic mass is 19.3. The molecule has 37 heavy (non-hydrogen) atoms. The molecule has 196 valence electrons. The Bertz CT molecular complexity index is 1490. The second-order valence-corrected chi connectivity index (χ2v) is 9.19. The SMILES string of the molecule is [2H]C1(N2CCC(Nc3nc(OC)c4c(-c5ccc6ncn(CC(F)F)c6c5)ccn4n3)C(F)(F)C2)COC1. The smallest absolute Gasteiger partial charge is 0.280 e. The molecular weight excluding hydrogens is 494 g/mol. The quantitative estimate of drug-likeness (QED) is 0.374. The van der Waals surface area contributed by atoms with Crippen molar-refractivity contribution in [3.63, 3.8) is 0 Å². The van der Waals surface area contributed by atoms with Gasteiger partial charge in [-0.2, -0.15) is 4.98 Å². The van der Waals surface area contributed by atoms with E-state index >= 15 is 8.78 Å². The Kier molecular flexibility index (Phi) is 5.61. The fourth-order valence-electron chi connectivity index (χ4n) is 4.87. The molecule has 1 atom stereocenters. The summed E-state index contributed by atoms with van der Waals surface area (Å²) in [6, 6.07) is 4.75. The number of hydrogen-bond acceptors (Lipinski definition) is 7. The van der Waals surface area contributed by atoms with Crippen molar-refractivity contribution in [2.75, 3.05) is 38.7 Å². The van der Waals surface area contributed by atoms with Crippen molar-refractivity contribution in [1.82, 2.24) is 29.0 Å². The molecular formula is C24H25F4N7O2. The van der Waals surface area contributed by atoms with Crippen LogP contribution in [0.15, 0.2) is 36.8 Å². The number of halogens is 4. The number of imidazole rings is 1. The van der Waals surface area contributed by atoms with Crippen LogP contribution in [0, 0.1) is 0 Å². The fourth-order valence-corrected chi connectivity index (χ4v) is 4.87. The second-order valence-electron chi connectivity index (χ2n) is 9.19. The molecule has 3 aromatic heterocycles. The molecule has 2 aliphatic heterocycles. The third-order valence-corrected chi connectivity index (χ3v) is 6.83. The summed E-state index contributed by atoms with van der Waals surface area (Å²) in [4.78, 5) is 10.00. The Labute approximate surface area is 210 Å². The number of methoxy groups -OCH3 is 1. The van der Waals surface area contributed by atoms with Gasteiger partial charge in [-0.15, -0.1) is 5.10 Å². The van der Waals surface area contributed by atoms with E-state index in [9.17, 15) is 8.78 Å². The van der Waals surface area contributed by atoms with Crippen LogP contribution < -0.4 is 10.1 Å². The summed E-state index contributed by atoms with van der Waals surface area (Å²) >= 11 is 0. The first-order valence-electron chi connectivity index (χ1n) is 12.3. The monoisotopic (exact) mass is 520 g/mol. The number of ether oxygens (including phenoxy) is 2. The molecule has 0 spiro atoms. The summed E-state index contributed by atoms with van der Waals surface area (Å²) in [6.45, 7) is -0.476. The van der Waals surface area contributed by atoms with Crippen LogP contribution in [0.1, 0.15) is 7.79 Å². The summed E-state index contributed by atoms with van der Waals surface area (Å²) < 4.78 is 77.8. The van der Waals surface area contributed by atoms with Crippen LogP contribution >= 0.6 is 0 Å². The first kappa shape index (κ1) is 22.7. The van der Waals surface area contributed by atoms with Crippen LogP contribution in [0.4, 0.5) is 23.5 Å². The van der Waals surface area contributed by atoms with Crippen LogP contribution in [-0.2, 0) is 11.3 Å². The summed E-state index contributed by atoms with van der Waals surface area (Å²) in [5.41, 5.74) is 3.03. The zero-order chi connectivity index (χ0) is 26.7. The van der Waals surface area contributed by atoms with E-state index in [1.807, 2.05) is 6.07 Å². The standard InChI is InChI=1S/C24H25F4N7O2/c1-36-22-21-16(14-2-3-17-18(8-14)34(13-29-17)9-20(25)26)4-7-35(21)32-23(31-22)30-19-5-6-33(12-24(19,27)28)15-10-37-11-15/h2-4,7-8,13,15,19-20H,5-6,9-12H2,1H3,(H,30,32)/i15D. The number of benzene rings is 1. The summed E-state index contributed by atoms with van der Waals surface area (Å²) in [6.07, 6.45) is 0.609. The van der Waals surface area contributed by atoms with E-state index in [1.165, 1.54) is 27.4 Å². The number of piperidine rings is 1. The van der Waals surface area contributed by atoms with Crippen LogP contribution in [0.3, 0.4) is 0 Å². The van der Waals surface area contributed by atoms with Crippen LogP contribution in [0.25, 0.3) is 27.7 Å². The van der Waals surface area contributed by atoms with E-state index in [0.717, 1.165) is 0 Å². The van der Waals surface area contributed by atoms with Crippen LogP contribution in [-0.4, -0.2) is 86.9 Å². The normalized spacial score (nSPS) is 21.8. The van der Waals surface area contributed by atoms with Gasteiger partial charge in [-0.25, -0.2) is 27.1 Å². The topological polar surface area (TPSA) is 81.7 Å². The zero-order valence-corrected chi connectivity index (χ0v) is 19.9. The average molecular weight is 521 g/mol. The number of hydrogen-bond donors (Lipinski definition) is 1. The molecule has 0 aliphatic carbocycles. The predicted octanol–water partition coefficient (Wildman–Crippen LogP) is 3.54. The Morgan fingerprint density at radius 2 is 2.14 bits per heavy atom. The second kappa shape index (κ2) is 9.14. The van der Waals surface area contributed by atoms with Gasteiger partial charge >= 0.3 is 0 Å². The van der Waals surface area contributed by atoms with Crippen molar-refractivity contribution in [2.45, 2.75) is 37.4 Å². The van der Waals surface area contributed by atoms with E-state index in [2.05, 4.69) is 20.4 Å². The summed E-state index contributed by atoms with van der Waals surface area (Å²) in [7, 11) is 1.42. The van der Waals surface area contributed by atoms with Gasteiger partial charge in [0.25, 0.3) is 12.3 Å². The van der Waals surface area contributed by atoms with E-state index in [4.69, 9.17) is 10.8 Å². The largest absolute Gasteiger partial charge is 0.479 e. The number of anilines is 1. The molecule has 2 fully saturated rings. The third-order valence-electron chi connectivity index (χ3n) is 6.83. The maximum atomic E-state index is 15.1. The van der Waals surface area contributed by atoms with Gasteiger partial charge in [0, 0.05) is 18.3 Å². The van der Waals surface area contributed by atoms with Gasteiger partial charge in [-0.3, -0.25) is 4.90 Å². The molecule has 9 nitrogen and oxygen atoms in total. The van der Waals surface area contributed by atoms with E-state index in [-0.39, 0.29) is 31.5 Å². The molecule has 5 heterocycles. The molecule has 2 aliphatic rings. The molecule has 0 radical (unpaired) electrons. The van der Waals surface area contributed by atoms with Crippen molar-refractivity contribution >= 4 is 22.5 Å². The van der Waals surface area contributed by atoms with Crippen molar-refractivity contribution in [3.05, 3.63) is 36.8 Å². The fraction of sp³-hybridized carbons (Fsp3) is 0.458. The maximum absolute atomic E-state index is 15.1. The number of nitrogens with zero attached hydrogens (tertiary/aromatic N) is 6. The highest BCUT2D eigenvalue weighted by molar-refractivity contribution is 5.89. The molecule has 4 aromatic rings. The Hall–Kier alpha value is -3.45. The number of alkyl halides is 4. The van der Waals surface area contributed by atoms with Crippen LogP contribution in [0.2, 0.25) is 0 Å². The van der Waals surface area contributed by atoms with Crippen molar-refractivity contribution in [2.24, 2.45) is 0 Å². The van der Waals surface area contributed by atoms with Crippen LogP contribution in [0.5, 0.6) is 5.88 Å². The minimum absolute atomic E-state index is 0.0207. The lowest BCUT2D eigenvalue weighted by Crippen LogP contribution is -2.61. The molecule has 0 amide bonds. The average Bonchev–Trinajstić information content (AvgIpc) is 3.46. The van der Waals surface area contributed by atoms with Gasteiger partial charge in [0.05, 0.1) is 64.2 Å². The van der Waals surface area contributed by atoms with E-state index < -0.39 is 37.5 Å². The highest BCUT2D eigenvalue weighted by Crippen LogP contribution is 2.35. The predicted molar refractivity (Wildman–Crippen MR) is 127 cm³/mol. The number of aromatic nitrogens is 5. The Balaban J connectivity index is 1.29. The van der Waals surface area contributed by atoms with E-state index in [1.54, 1.807) is 24.4 Å². The maximum Gasteiger partial charge on any atom is 0.280 e. The molecule has 0 bridgehead atoms. The van der Waals surface area contributed by atoms with E-state index in [0.29, 0.717) is 34.2 Å². The summed E-state index contributed by atoms with van der Waals surface area (Å²) in [5, 5.41) is 7.15. The van der Waals surface area contributed by atoms with Gasteiger partial charge in [0.1, 0.15) is 5.52 Å². The van der Waals surface area contributed by atoms with Gasteiger partial charge in [-0.1, -0.05) is 6.07 Å². The minimum atomic E-state index is -3.12. The lowest BCUT2D eigenvalue weighted by Gasteiger charge is -2.44. The Morgan fingerprint density at radius 3 is 2.84 bits per heavy atom. The number of fused-ring (bicyclic) bond motifs is 2. The minimum Gasteiger partial charge on any atom is -0.479 e.